The molecule has 0 unspecified atom stereocenters. The monoisotopic (exact) mass is 330 g/mol. The minimum atomic E-state index is -0.272. The van der Waals surface area contributed by atoms with Gasteiger partial charge in [-0.2, -0.15) is 0 Å². The second-order valence-corrected chi connectivity index (χ2v) is 6.49. The second kappa shape index (κ2) is 7.93. The van der Waals surface area contributed by atoms with Gasteiger partial charge in [0.1, 0.15) is 5.82 Å². The first-order chi connectivity index (χ1) is 11.4. The van der Waals surface area contributed by atoms with E-state index in [0.29, 0.717) is 18.8 Å². The number of amides is 2. The van der Waals surface area contributed by atoms with Crippen LogP contribution in [0.4, 0.5) is 14.9 Å². The first-order valence-corrected chi connectivity index (χ1v) is 7.79. The van der Waals surface area contributed by atoms with Gasteiger partial charge in [-0.15, -0.1) is 0 Å². The van der Waals surface area contributed by atoms with Gasteiger partial charge in [0.15, 0.2) is 0 Å². The molecule has 4 nitrogen and oxygen atoms in total. The van der Waals surface area contributed by atoms with Crippen molar-refractivity contribution in [3.8, 4) is 11.1 Å². The molecule has 2 amide bonds. The molecular weight excluding hydrogens is 307 g/mol. The fourth-order valence-electron chi connectivity index (χ4n) is 2.36. The highest BCUT2D eigenvalue weighted by molar-refractivity contribution is 5.90. The molecule has 0 aliphatic carbocycles. The molecule has 0 saturated carbocycles. The van der Waals surface area contributed by atoms with Crippen LogP contribution in [0.15, 0.2) is 48.5 Å². The van der Waals surface area contributed by atoms with E-state index in [2.05, 4.69) is 10.6 Å². The van der Waals surface area contributed by atoms with E-state index in [4.69, 9.17) is 4.74 Å². The molecule has 0 fully saturated rings. The maximum Gasteiger partial charge on any atom is 0.319 e. The van der Waals surface area contributed by atoms with E-state index in [1.807, 2.05) is 38.1 Å². The Labute approximate surface area is 142 Å². The van der Waals surface area contributed by atoms with Crippen LogP contribution in [-0.4, -0.2) is 26.3 Å². The number of anilines is 1. The summed E-state index contributed by atoms with van der Waals surface area (Å²) in [7, 11) is 1.64. The van der Waals surface area contributed by atoms with Crippen LogP contribution in [0.5, 0.6) is 0 Å². The first kappa shape index (κ1) is 17.9. The molecule has 0 spiro atoms. The maximum absolute atomic E-state index is 13.0. The van der Waals surface area contributed by atoms with Crippen LogP contribution in [0, 0.1) is 11.2 Å². The highest BCUT2D eigenvalue weighted by Gasteiger charge is 2.18. The molecule has 0 aromatic heterocycles. The topological polar surface area (TPSA) is 50.4 Å². The van der Waals surface area contributed by atoms with E-state index in [1.54, 1.807) is 19.2 Å². The Morgan fingerprint density at radius 3 is 2.50 bits per heavy atom. The fourth-order valence-corrected chi connectivity index (χ4v) is 2.36. The average molecular weight is 330 g/mol. The van der Waals surface area contributed by atoms with E-state index in [9.17, 15) is 9.18 Å². The summed E-state index contributed by atoms with van der Waals surface area (Å²) in [6.07, 6.45) is 0. The van der Waals surface area contributed by atoms with Crippen LogP contribution >= 0.6 is 0 Å². The van der Waals surface area contributed by atoms with Crippen molar-refractivity contribution in [1.82, 2.24) is 5.32 Å². The maximum atomic E-state index is 13.0. The summed E-state index contributed by atoms with van der Waals surface area (Å²) in [5, 5.41) is 5.66. The zero-order chi connectivity index (χ0) is 17.6. The van der Waals surface area contributed by atoms with Crippen LogP contribution in [0.1, 0.15) is 13.8 Å². The Morgan fingerprint density at radius 1 is 1.12 bits per heavy atom. The summed E-state index contributed by atoms with van der Waals surface area (Å²) in [5.74, 6) is -0.272. The van der Waals surface area contributed by atoms with Gasteiger partial charge in [-0.1, -0.05) is 38.1 Å². The lowest BCUT2D eigenvalue weighted by molar-refractivity contribution is 0.105. The van der Waals surface area contributed by atoms with E-state index < -0.39 is 0 Å². The van der Waals surface area contributed by atoms with Gasteiger partial charge in [0.25, 0.3) is 0 Å². The van der Waals surface area contributed by atoms with Gasteiger partial charge >= 0.3 is 6.03 Å². The van der Waals surface area contributed by atoms with Crippen molar-refractivity contribution < 1.29 is 13.9 Å². The van der Waals surface area contributed by atoms with Crippen LogP contribution in [0.25, 0.3) is 11.1 Å². The van der Waals surface area contributed by atoms with Gasteiger partial charge in [0.05, 0.1) is 6.61 Å². The van der Waals surface area contributed by atoms with Crippen LogP contribution in [-0.2, 0) is 4.74 Å². The van der Waals surface area contributed by atoms with E-state index in [-0.39, 0.29) is 17.3 Å². The van der Waals surface area contributed by atoms with Crippen LogP contribution < -0.4 is 10.6 Å². The Balaban J connectivity index is 1.99. The van der Waals surface area contributed by atoms with Crippen molar-refractivity contribution >= 4 is 11.7 Å². The summed E-state index contributed by atoms with van der Waals surface area (Å²) >= 11 is 0. The van der Waals surface area contributed by atoms with Gasteiger partial charge in [-0.05, 0) is 35.4 Å². The lowest BCUT2D eigenvalue weighted by Gasteiger charge is -2.23. The highest BCUT2D eigenvalue weighted by atomic mass is 19.1. The SMILES string of the molecule is COCC(C)(C)CNC(=O)Nc1cccc(-c2ccc(F)cc2)c1. The quantitative estimate of drug-likeness (QED) is 0.830. The predicted octanol–water partition coefficient (Wildman–Crippen LogP) is 4.29. The number of carbonyl (C=O) groups is 1. The molecule has 0 aliphatic rings. The van der Waals surface area contributed by atoms with Gasteiger partial charge in [-0.25, -0.2) is 9.18 Å². The second-order valence-electron chi connectivity index (χ2n) is 6.49. The fraction of sp³-hybridized carbons (Fsp3) is 0.316. The number of rotatable bonds is 6. The normalized spacial score (nSPS) is 11.2. The van der Waals surface area contributed by atoms with Gasteiger partial charge in [0.2, 0.25) is 0 Å². The lowest BCUT2D eigenvalue weighted by atomic mass is 9.95. The minimum absolute atomic E-state index is 0.137. The van der Waals surface area contributed by atoms with E-state index >= 15 is 0 Å². The third kappa shape index (κ3) is 5.35. The Hall–Kier alpha value is -2.40. The number of urea groups is 1. The molecule has 2 aromatic carbocycles. The van der Waals surface area contributed by atoms with Crippen LogP contribution in [0.2, 0.25) is 0 Å². The first-order valence-electron chi connectivity index (χ1n) is 7.79. The number of hydrogen-bond acceptors (Lipinski definition) is 2. The summed E-state index contributed by atoms with van der Waals surface area (Å²) < 4.78 is 18.1. The predicted molar refractivity (Wildman–Crippen MR) is 94.5 cm³/mol. The Kier molecular flexibility index (Phi) is 5.93. The molecule has 24 heavy (non-hydrogen) atoms. The molecular formula is C19H23FN2O2. The van der Waals surface area contributed by atoms with Gasteiger partial charge in [0, 0.05) is 24.8 Å². The lowest BCUT2D eigenvalue weighted by Crippen LogP contribution is -2.38. The molecule has 0 bridgehead atoms. The van der Waals surface area contributed by atoms with Crippen molar-refractivity contribution in [1.29, 1.82) is 0 Å². The number of carbonyl (C=O) groups excluding carboxylic acids is 1. The zero-order valence-electron chi connectivity index (χ0n) is 14.2. The summed E-state index contributed by atoms with van der Waals surface area (Å²) in [5.41, 5.74) is 2.34. The molecule has 2 aromatic rings. The molecule has 0 aliphatic heterocycles. The number of hydrogen-bond donors (Lipinski definition) is 2. The molecule has 2 N–H and O–H groups in total. The molecule has 5 heteroatoms. The summed E-state index contributed by atoms with van der Waals surface area (Å²) in [6, 6.07) is 13.4. The van der Waals surface area contributed by atoms with Crippen molar-refractivity contribution in [2.24, 2.45) is 5.41 Å². The minimum Gasteiger partial charge on any atom is -0.384 e. The van der Waals surface area contributed by atoms with Crippen molar-refractivity contribution in [2.45, 2.75) is 13.8 Å². The number of methoxy groups -OCH3 is 1. The summed E-state index contributed by atoms with van der Waals surface area (Å²) in [6.45, 7) is 5.11. The molecule has 0 radical (unpaired) electrons. The standard InChI is InChI=1S/C19H23FN2O2/c1-19(2,13-24-3)12-21-18(23)22-17-6-4-5-15(11-17)14-7-9-16(20)10-8-14/h4-11H,12-13H2,1-3H3,(H2,21,22,23). The van der Waals surface area contributed by atoms with E-state index in [0.717, 1.165) is 11.1 Å². The van der Waals surface area contributed by atoms with E-state index in [1.165, 1.54) is 12.1 Å². The molecule has 128 valence electrons. The smallest absolute Gasteiger partial charge is 0.319 e. The molecule has 0 atom stereocenters. The third-order valence-electron chi connectivity index (χ3n) is 3.56. The summed E-state index contributed by atoms with van der Waals surface area (Å²) in [4.78, 5) is 12.0. The molecule has 0 saturated heterocycles. The number of benzene rings is 2. The number of nitrogens with one attached hydrogen (secondary N) is 2. The molecule has 0 heterocycles. The average Bonchev–Trinajstić information content (AvgIpc) is 2.54. The molecule has 2 rings (SSSR count). The Bertz CT molecular complexity index is 684. The largest absolute Gasteiger partial charge is 0.384 e. The Morgan fingerprint density at radius 2 is 1.83 bits per heavy atom. The van der Waals surface area contributed by atoms with Crippen molar-refractivity contribution in [3.63, 3.8) is 0 Å². The van der Waals surface area contributed by atoms with Crippen LogP contribution in [0.3, 0.4) is 0 Å². The zero-order valence-corrected chi connectivity index (χ0v) is 14.2. The third-order valence-corrected chi connectivity index (χ3v) is 3.56. The number of ether oxygens (including phenoxy) is 1. The van der Waals surface area contributed by atoms with Gasteiger partial charge in [-0.3, -0.25) is 0 Å². The highest BCUT2D eigenvalue weighted by Crippen LogP contribution is 2.23. The van der Waals surface area contributed by atoms with Gasteiger partial charge < -0.3 is 15.4 Å². The van der Waals surface area contributed by atoms with Crippen molar-refractivity contribution in [3.05, 3.63) is 54.3 Å². The number of halogens is 1. The van der Waals surface area contributed by atoms with Crippen molar-refractivity contribution in [2.75, 3.05) is 25.6 Å².